The van der Waals surface area contributed by atoms with Gasteiger partial charge in [-0.3, -0.25) is 9.59 Å². The van der Waals surface area contributed by atoms with E-state index in [0.29, 0.717) is 11.3 Å². The van der Waals surface area contributed by atoms with Crippen LogP contribution in [0.5, 0.6) is 0 Å². The Morgan fingerprint density at radius 1 is 1.24 bits per heavy atom. The number of hydrogen-bond donors (Lipinski definition) is 1. The Hall–Kier alpha value is -1.84. The number of furan rings is 1. The molecule has 4 nitrogen and oxygen atoms in total. The SMILES string of the molecule is CCC(Nc1c(C)c(=O)c1=O)c1ccc(C)o1. The molecule has 1 aromatic heterocycles. The quantitative estimate of drug-likeness (QED) is 0.821. The van der Waals surface area contributed by atoms with Crippen molar-refractivity contribution in [3.8, 4) is 0 Å². The third-order valence-electron chi connectivity index (χ3n) is 2.98. The molecule has 4 heteroatoms. The van der Waals surface area contributed by atoms with Crippen molar-refractivity contribution in [3.63, 3.8) is 0 Å². The van der Waals surface area contributed by atoms with E-state index in [1.807, 2.05) is 26.0 Å². The predicted octanol–water partition coefficient (Wildman–Crippen LogP) is 2.06. The van der Waals surface area contributed by atoms with E-state index >= 15 is 0 Å². The molecule has 0 radical (unpaired) electrons. The molecule has 1 aromatic carbocycles. The second-order valence-electron chi connectivity index (χ2n) is 4.21. The van der Waals surface area contributed by atoms with Gasteiger partial charge in [-0.15, -0.1) is 0 Å². The maximum Gasteiger partial charge on any atom is 0.249 e. The molecule has 0 aliphatic heterocycles. The summed E-state index contributed by atoms with van der Waals surface area (Å²) in [5.74, 6) is 1.62. The summed E-state index contributed by atoms with van der Waals surface area (Å²) in [4.78, 5) is 22.5. The van der Waals surface area contributed by atoms with Crippen LogP contribution in [-0.4, -0.2) is 0 Å². The molecule has 1 N–H and O–H groups in total. The van der Waals surface area contributed by atoms with Crippen LogP contribution >= 0.6 is 0 Å². The summed E-state index contributed by atoms with van der Waals surface area (Å²) in [5.41, 5.74) is 0.120. The molecule has 0 saturated heterocycles. The summed E-state index contributed by atoms with van der Waals surface area (Å²) >= 11 is 0. The summed E-state index contributed by atoms with van der Waals surface area (Å²) in [5, 5.41) is 3.08. The van der Waals surface area contributed by atoms with E-state index in [0.717, 1.165) is 17.9 Å². The molecular weight excluding hydrogens is 218 g/mol. The van der Waals surface area contributed by atoms with Crippen LogP contribution in [0.2, 0.25) is 0 Å². The first-order valence-corrected chi connectivity index (χ1v) is 5.67. The molecule has 0 saturated carbocycles. The number of hydrogen-bond acceptors (Lipinski definition) is 4. The minimum atomic E-state index is -0.427. The smallest absolute Gasteiger partial charge is 0.249 e. The molecule has 0 aliphatic carbocycles. The summed E-state index contributed by atoms with van der Waals surface area (Å²) in [7, 11) is 0. The lowest BCUT2D eigenvalue weighted by atomic mass is 10.1. The summed E-state index contributed by atoms with van der Waals surface area (Å²) in [6.45, 7) is 5.53. The molecule has 2 aromatic rings. The molecule has 2 rings (SSSR count). The number of aryl methyl sites for hydroxylation is 1. The number of rotatable bonds is 4. The van der Waals surface area contributed by atoms with E-state index in [1.165, 1.54) is 0 Å². The average molecular weight is 233 g/mol. The molecular formula is C13H15NO3. The van der Waals surface area contributed by atoms with Crippen LogP contribution in [-0.2, 0) is 0 Å². The predicted molar refractivity (Wildman–Crippen MR) is 66.2 cm³/mol. The number of anilines is 1. The molecule has 1 heterocycles. The van der Waals surface area contributed by atoms with Gasteiger partial charge in [0.15, 0.2) is 0 Å². The van der Waals surface area contributed by atoms with E-state index < -0.39 is 10.9 Å². The van der Waals surface area contributed by atoms with Crippen LogP contribution in [0.4, 0.5) is 5.69 Å². The lowest BCUT2D eigenvalue weighted by Gasteiger charge is -2.18. The van der Waals surface area contributed by atoms with Crippen molar-refractivity contribution in [2.24, 2.45) is 0 Å². The maximum atomic E-state index is 11.4. The van der Waals surface area contributed by atoms with E-state index in [2.05, 4.69) is 5.32 Å². The van der Waals surface area contributed by atoms with E-state index in [1.54, 1.807) is 6.92 Å². The Morgan fingerprint density at radius 3 is 2.41 bits per heavy atom. The average Bonchev–Trinajstić information content (AvgIpc) is 2.75. The van der Waals surface area contributed by atoms with Crippen LogP contribution in [0, 0.1) is 13.8 Å². The first-order valence-electron chi connectivity index (χ1n) is 5.67. The van der Waals surface area contributed by atoms with Crippen molar-refractivity contribution in [2.45, 2.75) is 33.2 Å². The van der Waals surface area contributed by atoms with Gasteiger partial charge in [0.05, 0.1) is 11.7 Å². The van der Waals surface area contributed by atoms with Crippen molar-refractivity contribution in [2.75, 3.05) is 5.32 Å². The normalized spacial score (nSPS) is 12.9. The largest absolute Gasteiger partial charge is 0.464 e. The van der Waals surface area contributed by atoms with Crippen LogP contribution in [0.25, 0.3) is 0 Å². The zero-order valence-electron chi connectivity index (χ0n) is 10.2. The highest BCUT2D eigenvalue weighted by Gasteiger charge is 2.21. The molecule has 0 aliphatic rings. The molecule has 90 valence electrons. The van der Waals surface area contributed by atoms with Crippen molar-refractivity contribution >= 4 is 5.69 Å². The summed E-state index contributed by atoms with van der Waals surface area (Å²) < 4.78 is 5.52. The van der Waals surface area contributed by atoms with Crippen LogP contribution in [0.15, 0.2) is 26.1 Å². The van der Waals surface area contributed by atoms with Crippen molar-refractivity contribution in [1.82, 2.24) is 0 Å². The molecule has 1 atom stereocenters. The Kier molecular flexibility index (Phi) is 2.88. The van der Waals surface area contributed by atoms with Gasteiger partial charge >= 0.3 is 0 Å². The van der Waals surface area contributed by atoms with Crippen LogP contribution in [0.3, 0.4) is 0 Å². The first kappa shape index (κ1) is 11.6. The second kappa shape index (κ2) is 4.20. The first-order chi connectivity index (χ1) is 8.04. The fourth-order valence-corrected chi connectivity index (χ4v) is 1.87. The Bertz CT molecular complexity index is 602. The zero-order chi connectivity index (χ0) is 12.6. The van der Waals surface area contributed by atoms with Gasteiger partial charge in [0, 0.05) is 5.56 Å². The van der Waals surface area contributed by atoms with Crippen molar-refractivity contribution in [3.05, 3.63) is 49.7 Å². The van der Waals surface area contributed by atoms with E-state index in [9.17, 15) is 9.59 Å². The van der Waals surface area contributed by atoms with Crippen molar-refractivity contribution < 1.29 is 4.42 Å². The van der Waals surface area contributed by atoms with E-state index in [4.69, 9.17) is 4.42 Å². The van der Waals surface area contributed by atoms with E-state index in [-0.39, 0.29) is 6.04 Å². The second-order valence-corrected chi connectivity index (χ2v) is 4.21. The third kappa shape index (κ3) is 1.90. The molecule has 1 unspecified atom stereocenters. The molecule has 0 fully saturated rings. The summed E-state index contributed by atoms with van der Waals surface area (Å²) in [6, 6.07) is 3.71. The Morgan fingerprint density at radius 2 is 1.94 bits per heavy atom. The highest BCUT2D eigenvalue weighted by molar-refractivity contribution is 5.56. The Labute approximate surface area is 99.0 Å². The minimum absolute atomic E-state index is 0.0642. The summed E-state index contributed by atoms with van der Waals surface area (Å²) in [6.07, 6.45) is 0.783. The Balaban J connectivity index is 2.22. The molecule has 17 heavy (non-hydrogen) atoms. The van der Waals surface area contributed by atoms with Gasteiger partial charge in [0.25, 0.3) is 0 Å². The topological polar surface area (TPSA) is 59.3 Å². The number of nitrogens with one attached hydrogen (secondary N) is 1. The van der Waals surface area contributed by atoms with Gasteiger partial charge in [-0.2, -0.15) is 0 Å². The fourth-order valence-electron chi connectivity index (χ4n) is 1.87. The van der Waals surface area contributed by atoms with Gasteiger partial charge in [0.2, 0.25) is 10.9 Å². The molecule has 0 spiro atoms. The van der Waals surface area contributed by atoms with Gasteiger partial charge in [-0.1, -0.05) is 6.92 Å². The molecule has 0 amide bonds. The third-order valence-corrected chi connectivity index (χ3v) is 2.98. The monoisotopic (exact) mass is 233 g/mol. The van der Waals surface area contributed by atoms with Gasteiger partial charge in [0.1, 0.15) is 11.5 Å². The van der Waals surface area contributed by atoms with Gasteiger partial charge < -0.3 is 9.73 Å². The highest BCUT2D eigenvalue weighted by atomic mass is 16.3. The minimum Gasteiger partial charge on any atom is -0.464 e. The van der Waals surface area contributed by atoms with Crippen molar-refractivity contribution in [1.29, 1.82) is 0 Å². The van der Waals surface area contributed by atoms with Crippen LogP contribution < -0.4 is 16.2 Å². The van der Waals surface area contributed by atoms with Gasteiger partial charge in [-0.05, 0) is 32.4 Å². The lowest BCUT2D eigenvalue weighted by Crippen LogP contribution is -2.37. The maximum absolute atomic E-state index is 11.4. The standard InChI is InChI=1S/C13H15NO3/c1-4-9(10-6-5-7(2)17-10)14-11-8(3)12(15)13(11)16/h5-6,9,14H,4H2,1-3H3. The molecule has 0 bridgehead atoms. The lowest BCUT2D eigenvalue weighted by molar-refractivity contribution is 0.452. The fraction of sp³-hybridized carbons (Fsp3) is 0.385. The zero-order valence-corrected chi connectivity index (χ0v) is 10.2. The highest BCUT2D eigenvalue weighted by Crippen LogP contribution is 2.23. The van der Waals surface area contributed by atoms with Gasteiger partial charge in [-0.25, -0.2) is 0 Å². The van der Waals surface area contributed by atoms with Crippen LogP contribution in [0.1, 0.15) is 36.5 Å².